The Morgan fingerprint density at radius 3 is 2.37 bits per heavy atom. The van der Waals surface area contributed by atoms with Crippen molar-refractivity contribution in [1.82, 2.24) is 0 Å². The molecular formula is C25H28O5. The fourth-order valence-corrected chi connectivity index (χ4v) is 2.86. The van der Waals surface area contributed by atoms with Crippen LogP contribution in [0.25, 0.3) is 6.08 Å². The Bertz CT molecular complexity index is 968. The van der Waals surface area contributed by atoms with Crippen LogP contribution in [0.3, 0.4) is 0 Å². The molecule has 0 aliphatic heterocycles. The van der Waals surface area contributed by atoms with Crippen molar-refractivity contribution in [2.45, 2.75) is 39.2 Å². The SMILES string of the molecule is C=C(C)C(O)CCC(C)=CCc1c(O)ccc(C(=O)C=Cc2ccc(O)cc2)c1O. The second-order valence-electron chi connectivity index (χ2n) is 7.40. The molecule has 5 heteroatoms. The number of benzene rings is 2. The van der Waals surface area contributed by atoms with Gasteiger partial charge in [-0.25, -0.2) is 0 Å². The average Bonchev–Trinajstić information content (AvgIpc) is 2.71. The van der Waals surface area contributed by atoms with Gasteiger partial charge in [0.05, 0.1) is 11.7 Å². The molecule has 2 rings (SSSR count). The van der Waals surface area contributed by atoms with Gasteiger partial charge in [-0.2, -0.15) is 0 Å². The highest BCUT2D eigenvalue weighted by atomic mass is 16.3. The number of hydrogen-bond acceptors (Lipinski definition) is 5. The number of phenolic OH excluding ortho intramolecular Hbond substituents is 3. The van der Waals surface area contributed by atoms with Crippen LogP contribution < -0.4 is 0 Å². The maximum absolute atomic E-state index is 12.5. The van der Waals surface area contributed by atoms with Gasteiger partial charge < -0.3 is 20.4 Å². The number of phenols is 3. The summed E-state index contributed by atoms with van der Waals surface area (Å²) in [6.07, 6.45) is 5.69. The minimum Gasteiger partial charge on any atom is -0.508 e. The van der Waals surface area contributed by atoms with Crippen molar-refractivity contribution in [2.75, 3.05) is 0 Å². The first-order valence-electron chi connectivity index (χ1n) is 9.73. The summed E-state index contributed by atoms with van der Waals surface area (Å²) in [6, 6.07) is 9.15. The number of allylic oxidation sites excluding steroid dienone is 3. The lowest BCUT2D eigenvalue weighted by Crippen LogP contribution is -2.06. The zero-order chi connectivity index (χ0) is 22.3. The molecule has 0 aliphatic rings. The van der Waals surface area contributed by atoms with Crippen LogP contribution in [0, 0.1) is 0 Å². The maximum Gasteiger partial charge on any atom is 0.189 e. The fourth-order valence-electron chi connectivity index (χ4n) is 2.86. The molecule has 0 saturated carbocycles. The molecule has 2 aromatic carbocycles. The van der Waals surface area contributed by atoms with Gasteiger partial charge in [0.1, 0.15) is 17.2 Å². The lowest BCUT2D eigenvalue weighted by atomic mass is 9.99. The van der Waals surface area contributed by atoms with E-state index in [0.717, 1.165) is 11.1 Å². The van der Waals surface area contributed by atoms with Crippen molar-refractivity contribution in [3.05, 3.63) is 83.0 Å². The third-order valence-corrected chi connectivity index (χ3v) is 4.88. The largest absolute Gasteiger partial charge is 0.508 e. The summed E-state index contributed by atoms with van der Waals surface area (Å²) in [5.74, 6) is -0.595. The minimum absolute atomic E-state index is 0.0856. The average molecular weight is 408 g/mol. The third kappa shape index (κ3) is 6.36. The van der Waals surface area contributed by atoms with E-state index in [9.17, 15) is 25.2 Å². The Balaban J connectivity index is 2.14. The van der Waals surface area contributed by atoms with Crippen LogP contribution in [0.15, 0.2) is 66.3 Å². The third-order valence-electron chi connectivity index (χ3n) is 4.88. The Hall–Kier alpha value is -3.31. The molecule has 158 valence electrons. The summed E-state index contributed by atoms with van der Waals surface area (Å²) in [6.45, 7) is 7.42. The predicted octanol–water partition coefficient (Wildman–Crippen LogP) is 4.91. The number of aliphatic hydroxyl groups excluding tert-OH is 1. The number of carbonyl (C=O) groups excluding carboxylic acids is 1. The number of aliphatic hydroxyl groups is 1. The van der Waals surface area contributed by atoms with Gasteiger partial charge in [0, 0.05) is 5.56 Å². The molecule has 4 N–H and O–H groups in total. The quantitative estimate of drug-likeness (QED) is 0.269. The lowest BCUT2D eigenvalue weighted by Gasteiger charge is -2.11. The number of hydrogen-bond donors (Lipinski definition) is 4. The van der Waals surface area contributed by atoms with Gasteiger partial charge in [0.15, 0.2) is 5.78 Å². The van der Waals surface area contributed by atoms with Crippen molar-refractivity contribution in [2.24, 2.45) is 0 Å². The molecule has 0 aromatic heterocycles. The molecule has 30 heavy (non-hydrogen) atoms. The standard InChI is InChI=1S/C25H28O5/c1-16(2)22(27)13-5-17(3)4-11-20-24(29)15-12-21(25(20)30)23(28)14-8-18-6-9-19(26)10-7-18/h4,6-10,12,14-15,22,26-27,29-30H,1,5,11,13H2,2-3H3. The summed E-state index contributed by atoms with van der Waals surface area (Å²) in [4.78, 5) is 12.5. The predicted molar refractivity (Wildman–Crippen MR) is 119 cm³/mol. The monoisotopic (exact) mass is 408 g/mol. The molecule has 0 amide bonds. The first-order chi connectivity index (χ1) is 14.2. The molecule has 0 fully saturated rings. The van der Waals surface area contributed by atoms with Gasteiger partial charge in [0.25, 0.3) is 0 Å². The molecule has 0 bridgehead atoms. The van der Waals surface area contributed by atoms with Gasteiger partial charge in [-0.15, -0.1) is 0 Å². The van der Waals surface area contributed by atoms with Crippen LogP contribution in [0.5, 0.6) is 17.2 Å². The van der Waals surface area contributed by atoms with E-state index in [0.29, 0.717) is 18.4 Å². The number of rotatable bonds is 9. The van der Waals surface area contributed by atoms with Crippen molar-refractivity contribution in [3.63, 3.8) is 0 Å². The second kappa shape index (κ2) is 10.5. The topological polar surface area (TPSA) is 98.0 Å². The van der Waals surface area contributed by atoms with E-state index >= 15 is 0 Å². The Morgan fingerprint density at radius 1 is 1.07 bits per heavy atom. The van der Waals surface area contributed by atoms with Gasteiger partial charge in [-0.1, -0.05) is 42.0 Å². The molecule has 0 radical (unpaired) electrons. The Kier molecular flexibility index (Phi) is 8.01. The molecule has 0 aliphatic carbocycles. The zero-order valence-corrected chi connectivity index (χ0v) is 17.3. The van der Waals surface area contributed by atoms with E-state index < -0.39 is 11.9 Å². The van der Waals surface area contributed by atoms with E-state index in [1.807, 2.05) is 13.0 Å². The number of aromatic hydroxyl groups is 3. The Morgan fingerprint density at radius 2 is 1.73 bits per heavy atom. The van der Waals surface area contributed by atoms with Crippen LogP contribution in [-0.2, 0) is 6.42 Å². The van der Waals surface area contributed by atoms with Crippen molar-refractivity contribution in [3.8, 4) is 17.2 Å². The number of carbonyl (C=O) groups is 1. The second-order valence-corrected chi connectivity index (χ2v) is 7.40. The first-order valence-corrected chi connectivity index (χ1v) is 9.73. The lowest BCUT2D eigenvalue weighted by molar-refractivity contribution is 0.104. The Labute approximate surface area is 177 Å². The van der Waals surface area contributed by atoms with Gasteiger partial charge in [-0.05, 0) is 69.0 Å². The number of ketones is 1. The highest BCUT2D eigenvalue weighted by Crippen LogP contribution is 2.32. The van der Waals surface area contributed by atoms with Crippen LogP contribution in [0.1, 0.15) is 48.2 Å². The summed E-state index contributed by atoms with van der Waals surface area (Å²) in [5, 5.41) is 39.8. The minimum atomic E-state index is -0.559. The molecule has 2 aromatic rings. The molecule has 1 atom stereocenters. The maximum atomic E-state index is 12.5. The summed E-state index contributed by atoms with van der Waals surface area (Å²) in [7, 11) is 0. The molecule has 0 heterocycles. The van der Waals surface area contributed by atoms with E-state index in [2.05, 4.69) is 6.58 Å². The van der Waals surface area contributed by atoms with E-state index in [1.54, 1.807) is 25.1 Å². The summed E-state index contributed by atoms with van der Waals surface area (Å²) >= 11 is 0. The van der Waals surface area contributed by atoms with E-state index in [4.69, 9.17) is 0 Å². The van der Waals surface area contributed by atoms with Gasteiger partial charge >= 0.3 is 0 Å². The first kappa shape index (κ1) is 23.0. The molecule has 0 spiro atoms. The van der Waals surface area contributed by atoms with Gasteiger partial charge in [0.2, 0.25) is 0 Å². The molecule has 0 saturated heterocycles. The van der Waals surface area contributed by atoms with Crippen molar-refractivity contribution >= 4 is 11.9 Å². The van der Waals surface area contributed by atoms with E-state index in [-0.39, 0.29) is 34.8 Å². The highest BCUT2D eigenvalue weighted by molar-refractivity contribution is 6.09. The highest BCUT2D eigenvalue weighted by Gasteiger charge is 2.15. The molecule has 1 unspecified atom stereocenters. The van der Waals surface area contributed by atoms with Gasteiger partial charge in [-0.3, -0.25) is 4.79 Å². The van der Waals surface area contributed by atoms with Crippen LogP contribution in [-0.4, -0.2) is 32.3 Å². The molecular weight excluding hydrogens is 380 g/mol. The fraction of sp³-hybridized carbons (Fsp3) is 0.240. The summed E-state index contributed by atoms with van der Waals surface area (Å²) in [5.41, 5.74) is 2.82. The molecule has 5 nitrogen and oxygen atoms in total. The van der Waals surface area contributed by atoms with Crippen LogP contribution >= 0.6 is 0 Å². The zero-order valence-electron chi connectivity index (χ0n) is 17.3. The van der Waals surface area contributed by atoms with Crippen molar-refractivity contribution in [1.29, 1.82) is 0 Å². The summed E-state index contributed by atoms with van der Waals surface area (Å²) < 4.78 is 0. The van der Waals surface area contributed by atoms with E-state index in [1.165, 1.54) is 30.3 Å². The van der Waals surface area contributed by atoms with Crippen LogP contribution in [0.2, 0.25) is 0 Å². The normalized spacial score (nSPS) is 12.8. The van der Waals surface area contributed by atoms with Crippen LogP contribution in [0.4, 0.5) is 0 Å². The smallest absolute Gasteiger partial charge is 0.189 e. The van der Waals surface area contributed by atoms with Crippen molar-refractivity contribution < 1.29 is 25.2 Å².